The number of pyridine rings is 1. The predicted octanol–water partition coefficient (Wildman–Crippen LogP) is 6.88. The van der Waals surface area contributed by atoms with Crippen LogP contribution in [0.5, 0.6) is 11.6 Å². The van der Waals surface area contributed by atoms with Gasteiger partial charge in [0.2, 0.25) is 5.88 Å². The van der Waals surface area contributed by atoms with Crippen LogP contribution < -0.4 is 10.4 Å². The number of ether oxygens (including phenoxy) is 1. The lowest BCUT2D eigenvalue weighted by molar-refractivity contribution is -0.154. The molecule has 0 amide bonds. The highest BCUT2D eigenvalue weighted by Crippen LogP contribution is 2.47. The zero-order valence-electron chi connectivity index (χ0n) is 20.9. The van der Waals surface area contributed by atoms with Gasteiger partial charge in [-0.2, -0.15) is 26.3 Å². The Labute approximate surface area is 227 Å². The Morgan fingerprint density at radius 1 is 0.975 bits per heavy atom. The minimum atomic E-state index is -4.88. The number of aromatic carboxylic acids is 1. The van der Waals surface area contributed by atoms with E-state index in [9.17, 15) is 41.0 Å². The molecule has 0 spiro atoms. The number of carboxylic acids is 1. The van der Waals surface area contributed by atoms with Gasteiger partial charge in [-0.05, 0) is 53.4 Å². The highest BCUT2D eigenvalue weighted by atomic mass is 35.5. The summed E-state index contributed by atoms with van der Waals surface area (Å²) in [7, 11) is 2.96. The number of aryl methyl sites for hydroxylation is 2. The number of carboxylic acid groups (broad SMARTS) is 1. The molecule has 0 fully saturated rings. The third-order valence-electron chi connectivity index (χ3n) is 6.57. The summed E-state index contributed by atoms with van der Waals surface area (Å²) < 4.78 is 90.2. The Kier molecular flexibility index (Phi) is 7.39. The Balaban J connectivity index is 1.72. The van der Waals surface area contributed by atoms with E-state index in [2.05, 4.69) is 4.98 Å². The number of aromatic nitrogens is 3. The first kappa shape index (κ1) is 29.0. The molecule has 7 nitrogen and oxygen atoms in total. The highest BCUT2D eigenvalue weighted by molar-refractivity contribution is 6.31. The number of nitrogens with zero attached hydrogens (tertiary/aromatic N) is 3. The molecule has 0 saturated heterocycles. The van der Waals surface area contributed by atoms with Gasteiger partial charge in [0.1, 0.15) is 17.0 Å². The molecular formula is C26H20ClF6N3O4. The summed E-state index contributed by atoms with van der Waals surface area (Å²) >= 11 is 6.31. The topological polar surface area (TPSA) is 86.3 Å². The fourth-order valence-corrected chi connectivity index (χ4v) is 4.89. The number of carbonyl (C=O) groups is 1. The van der Waals surface area contributed by atoms with Crippen LogP contribution in [-0.2, 0) is 20.3 Å². The largest absolute Gasteiger partial charge is 0.477 e. The molecule has 0 aliphatic heterocycles. The number of hydrogen-bond acceptors (Lipinski definition) is 4. The molecule has 1 N–H and O–H groups in total. The van der Waals surface area contributed by atoms with E-state index in [0.717, 1.165) is 12.1 Å². The molecule has 0 aliphatic carbocycles. The third kappa shape index (κ3) is 5.37. The lowest BCUT2D eigenvalue weighted by atomic mass is 9.82. The van der Waals surface area contributed by atoms with Crippen LogP contribution >= 0.6 is 11.6 Å². The van der Waals surface area contributed by atoms with Crippen LogP contribution in [0.3, 0.4) is 0 Å². The van der Waals surface area contributed by atoms with E-state index in [0.29, 0.717) is 23.2 Å². The van der Waals surface area contributed by atoms with Crippen molar-refractivity contribution in [2.75, 3.05) is 0 Å². The van der Waals surface area contributed by atoms with Crippen molar-refractivity contribution >= 4 is 28.6 Å². The summed E-state index contributed by atoms with van der Waals surface area (Å²) in [4.78, 5) is 26.9. The van der Waals surface area contributed by atoms with Crippen molar-refractivity contribution in [3.8, 4) is 11.6 Å². The maximum atomic E-state index is 14.4. The van der Waals surface area contributed by atoms with E-state index in [1.807, 2.05) is 0 Å². The van der Waals surface area contributed by atoms with Crippen molar-refractivity contribution in [1.82, 2.24) is 14.1 Å². The van der Waals surface area contributed by atoms with Gasteiger partial charge in [0.15, 0.2) is 0 Å². The number of hydrogen-bond donors (Lipinski definition) is 1. The molecule has 2 aromatic carbocycles. The molecular weight excluding hydrogens is 568 g/mol. The van der Waals surface area contributed by atoms with E-state index in [1.165, 1.54) is 54.4 Å². The second kappa shape index (κ2) is 10.2. The summed E-state index contributed by atoms with van der Waals surface area (Å²) in [6.07, 6.45) is -9.61. The van der Waals surface area contributed by atoms with Crippen LogP contribution in [0.15, 0.2) is 53.3 Å². The summed E-state index contributed by atoms with van der Waals surface area (Å²) in [5, 5.41) is 9.10. The summed E-state index contributed by atoms with van der Waals surface area (Å²) in [5.41, 5.74) is -1.76. The average Bonchev–Trinajstić information content (AvgIpc) is 3.06. The van der Waals surface area contributed by atoms with Gasteiger partial charge in [-0.25, -0.2) is 14.6 Å². The Hall–Kier alpha value is -4.00. The van der Waals surface area contributed by atoms with Gasteiger partial charge in [-0.1, -0.05) is 30.7 Å². The molecule has 2 atom stereocenters. The van der Waals surface area contributed by atoms with Crippen molar-refractivity contribution < 1.29 is 41.0 Å². The maximum Gasteiger partial charge on any atom is 0.433 e. The molecule has 212 valence electrons. The molecule has 14 heteroatoms. The van der Waals surface area contributed by atoms with E-state index in [-0.39, 0.29) is 21.9 Å². The number of halogens is 7. The van der Waals surface area contributed by atoms with E-state index < -0.39 is 53.0 Å². The molecule has 0 aliphatic rings. The minimum absolute atomic E-state index is 0.0499. The zero-order valence-corrected chi connectivity index (χ0v) is 21.7. The van der Waals surface area contributed by atoms with Crippen molar-refractivity contribution in [3.05, 3.63) is 86.4 Å². The van der Waals surface area contributed by atoms with Gasteiger partial charge in [-0.3, -0.25) is 9.13 Å². The fourth-order valence-electron chi connectivity index (χ4n) is 4.55. The first-order chi connectivity index (χ1) is 18.5. The SMILES string of the molecule is CC(c1ccc(Oc2nc(C(F)(F)F)ccc2C(=O)O)cc1Cl)C(c1ccc2c(c1)n(C)c(=O)n2C)C(F)(F)F. The van der Waals surface area contributed by atoms with Crippen molar-refractivity contribution in [1.29, 1.82) is 0 Å². The lowest BCUT2D eigenvalue weighted by Gasteiger charge is -2.28. The van der Waals surface area contributed by atoms with Crippen LogP contribution in [0.25, 0.3) is 11.0 Å². The van der Waals surface area contributed by atoms with Gasteiger partial charge in [0, 0.05) is 19.1 Å². The minimum Gasteiger partial charge on any atom is -0.477 e. The molecule has 0 bridgehead atoms. The second-order valence-electron chi connectivity index (χ2n) is 9.09. The Morgan fingerprint density at radius 2 is 1.62 bits per heavy atom. The Bertz CT molecular complexity index is 1680. The third-order valence-corrected chi connectivity index (χ3v) is 6.89. The van der Waals surface area contributed by atoms with E-state index >= 15 is 0 Å². The second-order valence-corrected chi connectivity index (χ2v) is 9.50. The van der Waals surface area contributed by atoms with Gasteiger partial charge >= 0.3 is 24.0 Å². The van der Waals surface area contributed by atoms with Gasteiger partial charge in [0.25, 0.3) is 0 Å². The van der Waals surface area contributed by atoms with Gasteiger partial charge in [0.05, 0.1) is 17.0 Å². The van der Waals surface area contributed by atoms with Crippen LogP contribution in [0, 0.1) is 0 Å². The van der Waals surface area contributed by atoms with E-state index in [1.54, 1.807) is 0 Å². The number of benzene rings is 2. The smallest absolute Gasteiger partial charge is 0.433 e. The first-order valence-corrected chi connectivity index (χ1v) is 11.9. The van der Waals surface area contributed by atoms with Crippen LogP contribution in [0.1, 0.15) is 45.9 Å². The summed E-state index contributed by atoms with van der Waals surface area (Å²) in [6, 6.07) is 8.61. The number of alkyl halides is 6. The fraction of sp³-hybridized carbons (Fsp3) is 0.269. The quantitative estimate of drug-likeness (QED) is 0.248. The highest BCUT2D eigenvalue weighted by Gasteiger charge is 2.45. The number of rotatable bonds is 6. The van der Waals surface area contributed by atoms with Gasteiger partial charge in [-0.15, -0.1) is 0 Å². The van der Waals surface area contributed by atoms with Crippen molar-refractivity contribution in [3.63, 3.8) is 0 Å². The molecule has 4 aromatic rings. The molecule has 0 radical (unpaired) electrons. The Morgan fingerprint density at radius 3 is 2.20 bits per heavy atom. The zero-order chi connectivity index (χ0) is 29.7. The average molecular weight is 588 g/mol. The predicted molar refractivity (Wildman–Crippen MR) is 133 cm³/mol. The van der Waals surface area contributed by atoms with Crippen LogP contribution in [0.4, 0.5) is 26.3 Å². The van der Waals surface area contributed by atoms with Crippen LogP contribution in [-0.4, -0.2) is 31.4 Å². The molecule has 2 heterocycles. The summed E-state index contributed by atoms with van der Waals surface area (Å²) in [5.74, 6) is -6.00. The van der Waals surface area contributed by atoms with Crippen molar-refractivity contribution in [2.45, 2.75) is 31.1 Å². The molecule has 2 unspecified atom stereocenters. The number of fused-ring (bicyclic) bond motifs is 1. The lowest BCUT2D eigenvalue weighted by Crippen LogP contribution is -2.26. The molecule has 40 heavy (non-hydrogen) atoms. The standard InChI is InChI=1S/C26H20ClF6N3O4/c1-12(21(26(31,32)33)13-4-8-18-19(10-13)36(3)24(39)35(18)2)15-6-5-14(11-17(15)27)40-22-16(23(37)38)7-9-20(34-22)25(28,29)30/h4-12,21H,1-3H3,(H,37,38). The number of imidazole rings is 1. The molecule has 4 rings (SSSR count). The maximum absolute atomic E-state index is 14.4. The first-order valence-electron chi connectivity index (χ1n) is 11.5. The molecule has 0 saturated carbocycles. The van der Waals surface area contributed by atoms with Crippen LogP contribution in [0.2, 0.25) is 5.02 Å². The van der Waals surface area contributed by atoms with Crippen molar-refractivity contribution in [2.24, 2.45) is 14.1 Å². The monoisotopic (exact) mass is 587 g/mol. The van der Waals surface area contributed by atoms with Gasteiger partial charge < -0.3 is 9.84 Å². The molecule has 2 aromatic heterocycles. The summed E-state index contributed by atoms with van der Waals surface area (Å²) in [6.45, 7) is 1.31. The van der Waals surface area contributed by atoms with E-state index in [4.69, 9.17) is 16.3 Å². The normalized spacial score (nSPS) is 13.8.